The Kier molecular flexibility index (Phi) is 10.6. The second-order valence-electron chi connectivity index (χ2n) is 21.2. The first kappa shape index (κ1) is 45.5. The fraction of sp³-hybridized carbons (Fsp3) is 0.156. The van der Waals surface area contributed by atoms with E-state index in [1.165, 1.54) is 54.7 Å². The Hall–Kier alpha value is -7.60. The van der Waals surface area contributed by atoms with Crippen LogP contribution in [0.5, 0.6) is 11.5 Å². The SMILES string of the molecule is Cn1c2ccccc2c2cc3c4ccccc4n(C)c3c(N3[CH-]N(c4[c-]c(Oc5[c-]c6c(cc5)c5cc(-c7ccccc7)ccc5n6-c5cc(C(C)(C)C)ccn5)cc(C(C)(C)C)c4)c4ccccc43)c21.[Pt]. The van der Waals surface area contributed by atoms with Gasteiger partial charge < -0.3 is 28.2 Å². The zero-order valence-electron chi connectivity index (χ0n) is 41.7. The largest absolute Gasteiger partial charge is 0.509 e. The quantitative estimate of drug-likeness (QED) is 0.156. The monoisotopic (exact) mass is 1120 g/mol. The van der Waals surface area contributed by atoms with Gasteiger partial charge in [-0.1, -0.05) is 138 Å². The maximum absolute atomic E-state index is 6.99. The number of para-hydroxylation sites is 4. The zero-order valence-corrected chi connectivity index (χ0v) is 43.9. The molecule has 8 aromatic carbocycles. The Morgan fingerprint density at radius 3 is 1.78 bits per heavy atom. The number of rotatable bonds is 6. The molecule has 1 aliphatic rings. The molecular weight excluding hydrogens is 1060 g/mol. The summed E-state index contributed by atoms with van der Waals surface area (Å²) in [5.74, 6) is 2.05. The average molecular weight is 1120 g/mol. The predicted molar refractivity (Wildman–Crippen MR) is 295 cm³/mol. The molecule has 0 saturated carbocycles. The van der Waals surface area contributed by atoms with Crippen LogP contribution < -0.4 is 14.5 Å². The van der Waals surface area contributed by atoms with Gasteiger partial charge >= 0.3 is 0 Å². The summed E-state index contributed by atoms with van der Waals surface area (Å²) >= 11 is 0. The number of benzene rings is 8. The van der Waals surface area contributed by atoms with Gasteiger partial charge in [-0.2, -0.15) is 6.07 Å². The molecule has 0 unspecified atom stereocenters. The summed E-state index contributed by atoms with van der Waals surface area (Å²) in [6, 6.07) is 66.3. The number of aromatic nitrogens is 4. The number of aryl methyl sites for hydroxylation is 2. The Bertz CT molecular complexity index is 4030. The first-order chi connectivity index (χ1) is 34.3. The van der Waals surface area contributed by atoms with E-state index in [9.17, 15) is 0 Å². The van der Waals surface area contributed by atoms with Crippen molar-refractivity contribution in [2.75, 3.05) is 9.80 Å². The van der Waals surface area contributed by atoms with Gasteiger partial charge in [0.05, 0.1) is 16.7 Å². The van der Waals surface area contributed by atoms with Gasteiger partial charge in [-0.15, -0.1) is 53.6 Å². The molecule has 0 N–H and O–H groups in total. The van der Waals surface area contributed by atoms with E-state index in [1.54, 1.807) is 0 Å². The normalized spacial score (nSPS) is 13.1. The summed E-state index contributed by atoms with van der Waals surface area (Å²) in [5.41, 5.74) is 15.3. The third kappa shape index (κ3) is 7.15. The molecule has 0 amide bonds. The first-order valence-corrected chi connectivity index (χ1v) is 24.5. The molecule has 358 valence electrons. The second-order valence-corrected chi connectivity index (χ2v) is 21.2. The van der Waals surface area contributed by atoms with Crippen molar-refractivity contribution in [1.29, 1.82) is 0 Å². The molecule has 0 spiro atoms. The molecule has 13 rings (SSSR count). The van der Waals surface area contributed by atoms with Crippen molar-refractivity contribution in [1.82, 2.24) is 18.7 Å². The molecular formula is C64H53N6OPt-3. The van der Waals surface area contributed by atoms with E-state index in [4.69, 9.17) is 9.72 Å². The van der Waals surface area contributed by atoms with Crippen LogP contribution in [0.1, 0.15) is 52.7 Å². The standard InChI is InChI=1S/C64H53N6O.Pt/c1-63(2,3)42-30-31-65-59(35-42)70-55-29-26-41(40-18-10-9-11-19-40)32-50(55)49-28-27-45(37-58(49)70)71-46-34-43(64(4,5)6)33-44(36-46)68-39-69(57-25-17-16-24-56(57)68)62-60-51(47-20-12-14-22-53(47)66(60)7)38-52-48-21-13-15-23-54(48)67(8)61(52)62;/h9-35,38-39H,1-8H3;/q-3;. The van der Waals surface area contributed by atoms with Crippen LogP contribution >= 0.6 is 0 Å². The molecule has 12 aromatic rings. The van der Waals surface area contributed by atoms with Crippen molar-refractivity contribution < 1.29 is 25.8 Å². The van der Waals surface area contributed by atoms with E-state index >= 15 is 0 Å². The van der Waals surface area contributed by atoms with Gasteiger partial charge in [0.2, 0.25) is 0 Å². The van der Waals surface area contributed by atoms with Crippen LogP contribution in [0, 0.1) is 18.8 Å². The molecule has 0 saturated heterocycles. The van der Waals surface area contributed by atoms with Gasteiger partial charge in [0, 0.05) is 102 Å². The van der Waals surface area contributed by atoms with Crippen molar-refractivity contribution in [3.8, 4) is 28.4 Å². The third-order valence-electron chi connectivity index (χ3n) is 14.7. The molecule has 0 bridgehead atoms. The Morgan fingerprint density at radius 1 is 0.486 bits per heavy atom. The van der Waals surface area contributed by atoms with Crippen LogP contribution in [-0.4, -0.2) is 18.7 Å². The number of ether oxygens (including phenoxy) is 1. The Labute approximate surface area is 434 Å². The third-order valence-corrected chi connectivity index (χ3v) is 14.7. The summed E-state index contributed by atoms with van der Waals surface area (Å²) < 4.78 is 13.9. The van der Waals surface area contributed by atoms with E-state index in [2.05, 4.69) is 256 Å². The first-order valence-electron chi connectivity index (χ1n) is 24.5. The zero-order chi connectivity index (χ0) is 48.5. The molecule has 0 radical (unpaired) electrons. The van der Waals surface area contributed by atoms with Crippen LogP contribution in [0.4, 0.5) is 22.7 Å². The number of fused-ring (bicyclic) bond motifs is 10. The Morgan fingerprint density at radius 2 is 1.11 bits per heavy atom. The predicted octanol–water partition coefficient (Wildman–Crippen LogP) is 16.5. The summed E-state index contributed by atoms with van der Waals surface area (Å²) in [5, 5.41) is 7.13. The van der Waals surface area contributed by atoms with Crippen molar-refractivity contribution in [3.05, 3.63) is 200 Å². The molecule has 7 nitrogen and oxygen atoms in total. The second kappa shape index (κ2) is 16.7. The van der Waals surface area contributed by atoms with Crippen molar-refractivity contribution >= 4 is 88.2 Å². The maximum atomic E-state index is 6.99. The number of hydrogen-bond donors (Lipinski definition) is 0. The molecule has 0 aliphatic carbocycles. The fourth-order valence-corrected chi connectivity index (χ4v) is 11.0. The maximum Gasteiger partial charge on any atom is 0.135 e. The Balaban J connectivity index is 0.00000530. The van der Waals surface area contributed by atoms with Crippen LogP contribution in [0.25, 0.3) is 82.4 Å². The number of hydrogen-bond acceptors (Lipinski definition) is 4. The number of anilines is 4. The molecule has 5 heterocycles. The summed E-state index contributed by atoms with van der Waals surface area (Å²) in [4.78, 5) is 9.64. The van der Waals surface area contributed by atoms with E-state index in [1.807, 2.05) is 12.3 Å². The van der Waals surface area contributed by atoms with Crippen LogP contribution in [0.2, 0.25) is 0 Å². The average Bonchev–Trinajstić information content (AvgIpc) is 4.09. The number of nitrogens with zero attached hydrogens (tertiary/aromatic N) is 6. The van der Waals surface area contributed by atoms with Gasteiger partial charge in [-0.25, -0.2) is 4.98 Å². The summed E-state index contributed by atoms with van der Waals surface area (Å²) in [6.07, 6.45) is 1.92. The van der Waals surface area contributed by atoms with Crippen LogP contribution in [-0.2, 0) is 46.0 Å². The van der Waals surface area contributed by atoms with Gasteiger partial charge in [0.1, 0.15) is 5.82 Å². The molecule has 8 heteroatoms. The van der Waals surface area contributed by atoms with E-state index in [0.717, 1.165) is 61.5 Å². The summed E-state index contributed by atoms with van der Waals surface area (Å²) in [6.45, 7) is 15.7. The van der Waals surface area contributed by atoms with Crippen LogP contribution in [0.3, 0.4) is 0 Å². The fourth-order valence-electron chi connectivity index (χ4n) is 11.0. The minimum Gasteiger partial charge on any atom is -0.509 e. The van der Waals surface area contributed by atoms with E-state index in [-0.39, 0.29) is 31.9 Å². The smallest absolute Gasteiger partial charge is 0.135 e. The number of pyridine rings is 1. The molecule has 0 atom stereocenters. The van der Waals surface area contributed by atoms with Crippen LogP contribution in [0.15, 0.2) is 170 Å². The molecule has 4 aromatic heterocycles. The molecule has 1 aliphatic heterocycles. The van der Waals surface area contributed by atoms with Crippen molar-refractivity contribution in [2.24, 2.45) is 14.1 Å². The topological polar surface area (TPSA) is 43.4 Å². The van der Waals surface area contributed by atoms with E-state index in [0.29, 0.717) is 11.5 Å². The summed E-state index contributed by atoms with van der Waals surface area (Å²) in [7, 11) is 4.39. The van der Waals surface area contributed by atoms with Gasteiger partial charge in [-0.3, -0.25) is 0 Å². The van der Waals surface area contributed by atoms with Crippen molar-refractivity contribution in [3.63, 3.8) is 0 Å². The van der Waals surface area contributed by atoms with Crippen molar-refractivity contribution in [2.45, 2.75) is 52.4 Å². The molecule has 0 fully saturated rings. The van der Waals surface area contributed by atoms with E-state index < -0.39 is 0 Å². The van der Waals surface area contributed by atoms with Gasteiger partial charge in [0.25, 0.3) is 0 Å². The minimum atomic E-state index is -0.203. The minimum absolute atomic E-state index is 0. The van der Waals surface area contributed by atoms with Gasteiger partial charge in [-0.05, 0) is 81.4 Å². The molecule has 72 heavy (non-hydrogen) atoms. The van der Waals surface area contributed by atoms with Gasteiger partial charge in [0.15, 0.2) is 0 Å².